The molecule has 0 saturated carbocycles. The molecule has 22 heavy (non-hydrogen) atoms. The number of amides is 2. The van der Waals surface area contributed by atoms with E-state index in [-0.39, 0.29) is 25.7 Å². The van der Waals surface area contributed by atoms with E-state index in [1.807, 2.05) is 17.0 Å². The molecule has 0 aliphatic carbocycles. The smallest absolute Gasteiger partial charge is 0.248 e. The molecule has 0 aromatic carbocycles. The maximum Gasteiger partial charge on any atom is 0.248 e. The number of nitrogens with two attached hydrogens (primary N) is 1. The zero-order chi connectivity index (χ0) is 15.9. The fraction of sp³-hybridized carbons (Fsp3) is 0.500. The zero-order valence-electron chi connectivity index (χ0n) is 12.2. The average molecular weight is 308 g/mol. The lowest BCUT2D eigenvalue weighted by atomic mass is 10.3. The van der Waals surface area contributed by atoms with Crippen molar-refractivity contribution in [3.63, 3.8) is 0 Å². The topological polar surface area (TPSA) is 109 Å². The quantitative estimate of drug-likeness (QED) is 0.692. The van der Waals surface area contributed by atoms with Crippen LogP contribution in [0.25, 0.3) is 0 Å². The fourth-order valence-electron chi connectivity index (χ4n) is 2.34. The van der Waals surface area contributed by atoms with Gasteiger partial charge in [-0.25, -0.2) is 0 Å². The van der Waals surface area contributed by atoms with E-state index in [1.165, 1.54) is 4.90 Å². The zero-order valence-corrected chi connectivity index (χ0v) is 12.2. The predicted molar refractivity (Wildman–Crippen MR) is 79.1 cm³/mol. The minimum absolute atomic E-state index is 0.217. The molecule has 2 amide bonds. The van der Waals surface area contributed by atoms with Gasteiger partial charge >= 0.3 is 0 Å². The fourth-order valence-corrected chi connectivity index (χ4v) is 2.34. The lowest BCUT2D eigenvalue weighted by Crippen LogP contribution is -2.40. The first-order valence-electron chi connectivity index (χ1n) is 7.03. The van der Waals surface area contributed by atoms with Crippen molar-refractivity contribution in [1.29, 1.82) is 0 Å². The molecule has 3 N–H and O–H groups in total. The number of anilines is 1. The monoisotopic (exact) mass is 308 g/mol. The molecule has 0 bridgehead atoms. The van der Waals surface area contributed by atoms with E-state index in [0.717, 1.165) is 5.69 Å². The van der Waals surface area contributed by atoms with Crippen molar-refractivity contribution in [2.45, 2.75) is 6.10 Å². The summed E-state index contributed by atoms with van der Waals surface area (Å²) in [5, 5.41) is 10.1. The van der Waals surface area contributed by atoms with Gasteiger partial charge in [0.25, 0.3) is 0 Å². The Kier molecular flexibility index (Phi) is 5.68. The molecular weight excluding hydrogens is 288 g/mol. The van der Waals surface area contributed by atoms with Crippen LogP contribution < -0.4 is 10.6 Å². The summed E-state index contributed by atoms with van der Waals surface area (Å²) in [4.78, 5) is 30.1. The van der Waals surface area contributed by atoms with Crippen LogP contribution in [0.4, 0.5) is 5.69 Å². The van der Waals surface area contributed by atoms with Crippen LogP contribution in [-0.4, -0.2) is 72.3 Å². The second kappa shape index (κ2) is 7.71. The number of primary amides is 1. The molecule has 0 unspecified atom stereocenters. The van der Waals surface area contributed by atoms with E-state index in [9.17, 15) is 14.7 Å². The van der Waals surface area contributed by atoms with Gasteiger partial charge in [-0.2, -0.15) is 0 Å². The molecule has 1 atom stereocenters. The second-order valence-corrected chi connectivity index (χ2v) is 5.10. The number of hydrogen-bond donors (Lipinski definition) is 2. The number of ether oxygens (including phenoxy) is 1. The lowest BCUT2D eigenvalue weighted by molar-refractivity contribution is -0.138. The number of carbonyl (C=O) groups is 2. The van der Waals surface area contributed by atoms with Crippen molar-refractivity contribution in [3.8, 4) is 0 Å². The Bertz CT molecular complexity index is 511. The van der Waals surface area contributed by atoms with Crippen LogP contribution in [-0.2, 0) is 14.3 Å². The van der Waals surface area contributed by atoms with E-state index in [2.05, 4.69) is 4.98 Å². The predicted octanol–water partition coefficient (Wildman–Crippen LogP) is -1.41. The third-order valence-electron chi connectivity index (χ3n) is 3.35. The summed E-state index contributed by atoms with van der Waals surface area (Å²) in [5.74, 6) is -0.885. The van der Waals surface area contributed by atoms with E-state index in [1.54, 1.807) is 12.4 Å². The van der Waals surface area contributed by atoms with Gasteiger partial charge in [0, 0.05) is 44.3 Å². The number of nitrogens with zero attached hydrogens (tertiary/aromatic N) is 3. The highest BCUT2D eigenvalue weighted by atomic mass is 16.5. The standard InChI is InChI=1S/C14H20N4O4/c15-13(20)9-22-10-14(21)18-6-5-17(7-12(19)8-18)11-1-3-16-4-2-11/h1-4,12,19H,5-10H2,(H2,15,20)/t12-/m0/s1. The van der Waals surface area contributed by atoms with Crippen molar-refractivity contribution < 1.29 is 19.4 Å². The van der Waals surface area contributed by atoms with Gasteiger partial charge in [-0.1, -0.05) is 0 Å². The van der Waals surface area contributed by atoms with E-state index in [4.69, 9.17) is 10.5 Å². The van der Waals surface area contributed by atoms with Crippen molar-refractivity contribution >= 4 is 17.5 Å². The molecule has 1 aliphatic heterocycles. The molecule has 0 radical (unpaired) electrons. The molecule has 0 spiro atoms. The van der Waals surface area contributed by atoms with Crippen LogP contribution in [0.5, 0.6) is 0 Å². The molecule has 1 aromatic rings. The van der Waals surface area contributed by atoms with Gasteiger partial charge in [0.15, 0.2) is 0 Å². The minimum atomic E-state index is -0.657. The number of aliphatic hydroxyl groups excluding tert-OH is 1. The van der Waals surface area contributed by atoms with Crippen LogP contribution in [0.3, 0.4) is 0 Å². The first-order valence-corrected chi connectivity index (χ1v) is 7.03. The van der Waals surface area contributed by atoms with Crippen LogP contribution in [0.1, 0.15) is 0 Å². The Balaban J connectivity index is 1.91. The molecule has 2 heterocycles. The number of rotatable bonds is 5. The van der Waals surface area contributed by atoms with Crippen molar-refractivity contribution in [3.05, 3.63) is 24.5 Å². The molecule has 8 heteroatoms. The highest BCUT2D eigenvalue weighted by Gasteiger charge is 2.24. The summed E-state index contributed by atoms with van der Waals surface area (Å²) in [5.41, 5.74) is 5.90. The van der Waals surface area contributed by atoms with E-state index >= 15 is 0 Å². The van der Waals surface area contributed by atoms with Gasteiger partial charge in [0.1, 0.15) is 13.2 Å². The summed E-state index contributed by atoms with van der Waals surface area (Å²) in [7, 11) is 0. The van der Waals surface area contributed by atoms with Crippen molar-refractivity contribution in [2.75, 3.05) is 44.3 Å². The van der Waals surface area contributed by atoms with Gasteiger partial charge in [0.2, 0.25) is 11.8 Å². The van der Waals surface area contributed by atoms with Gasteiger partial charge in [0.05, 0.1) is 6.10 Å². The SMILES string of the molecule is NC(=O)COCC(=O)N1CCN(c2ccncc2)C[C@H](O)C1. The molecule has 1 fully saturated rings. The van der Waals surface area contributed by atoms with Crippen LogP contribution in [0, 0.1) is 0 Å². The number of aliphatic hydroxyl groups is 1. The van der Waals surface area contributed by atoms with Gasteiger partial charge in [-0.15, -0.1) is 0 Å². The van der Waals surface area contributed by atoms with E-state index < -0.39 is 12.0 Å². The normalized spacial score (nSPS) is 18.9. The molecule has 2 rings (SSSR count). The number of pyridine rings is 1. The Hall–Kier alpha value is -2.19. The average Bonchev–Trinajstić information content (AvgIpc) is 2.69. The Morgan fingerprint density at radius 2 is 2.00 bits per heavy atom. The molecular formula is C14H20N4O4. The van der Waals surface area contributed by atoms with Crippen LogP contribution >= 0.6 is 0 Å². The Morgan fingerprint density at radius 1 is 1.27 bits per heavy atom. The highest BCUT2D eigenvalue weighted by molar-refractivity contribution is 5.79. The second-order valence-electron chi connectivity index (χ2n) is 5.10. The summed E-state index contributed by atoms with van der Waals surface area (Å²) in [6.07, 6.45) is 2.72. The summed E-state index contributed by atoms with van der Waals surface area (Å²) < 4.78 is 4.93. The number of carbonyl (C=O) groups excluding carboxylic acids is 2. The lowest BCUT2D eigenvalue weighted by Gasteiger charge is -2.23. The van der Waals surface area contributed by atoms with Crippen LogP contribution in [0.2, 0.25) is 0 Å². The summed E-state index contributed by atoms with van der Waals surface area (Å²) in [6.45, 7) is 1.24. The third kappa shape index (κ3) is 4.68. The van der Waals surface area contributed by atoms with Crippen LogP contribution in [0.15, 0.2) is 24.5 Å². The van der Waals surface area contributed by atoms with E-state index in [0.29, 0.717) is 19.6 Å². The number of aromatic nitrogens is 1. The molecule has 1 aliphatic rings. The maximum absolute atomic E-state index is 12.0. The maximum atomic E-state index is 12.0. The summed E-state index contributed by atoms with van der Waals surface area (Å²) in [6, 6.07) is 3.72. The minimum Gasteiger partial charge on any atom is -0.389 e. The molecule has 8 nitrogen and oxygen atoms in total. The molecule has 1 saturated heterocycles. The Labute approximate surface area is 128 Å². The van der Waals surface area contributed by atoms with Gasteiger partial charge in [-0.05, 0) is 12.1 Å². The first kappa shape index (κ1) is 16.2. The first-order chi connectivity index (χ1) is 10.6. The Morgan fingerprint density at radius 3 is 2.68 bits per heavy atom. The molecule has 120 valence electrons. The number of hydrogen-bond acceptors (Lipinski definition) is 6. The van der Waals surface area contributed by atoms with Crippen molar-refractivity contribution in [1.82, 2.24) is 9.88 Å². The van der Waals surface area contributed by atoms with Crippen molar-refractivity contribution in [2.24, 2.45) is 5.73 Å². The van der Waals surface area contributed by atoms with Gasteiger partial charge in [-0.3, -0.25) is 14.6 Å². The number of β-amino-alcohol motifs (C(OH)–C–C–N with tert-alkyl or cyclic N) is 1. The summed E-state index contributed by atoms with van der Waals surface area (Å²) >= 11 is 0. The van der Waals surface area contributed by atoms with Gasteiger partial charge < -0.3 is 25.4 Å². The molecule has 1 aromatic heterocycles. The highest BCUT2D eigenvalue weighted by Crippen LogP contribution is 2.15. The third-order valence-corrected chi connectivity index (χ3v) is 3.35. The largest absolute Gasteiger partial charge is 0.389 e.